The van der Waals surface area contributed by atoms with Crippen molar-refractivity contribution in [2.24, 2.45) is 0 Å². The lowest BCUT2D eigenvalue weighted by molar-refractivity contribution is 0.356. The zero-order valence-electron chi connectivity index (χ0n) is 19.3. The van der Waals surface area contributed by atoms with Gasteiger partial charge in [-0.05, 0) is 49.1 Å². The lowest BCUT2D eigenvalue weighted by Crippen LogP contribution is -2.16. The topological polar surface area (TPSA) is 85.5 Å². The molecule has 0 saturated carbocycles. The number of halogens is 1. The molecule has 0 unspecified atom stereocenters. The van der Waals surface area contributed by atoms with Crippen LogP contribution < -0.4 is 25.1 Å². The van der Waals surface area contributed by atoms with Crippen LogP contribution in [0, 0.1) is 12.7 Å². The van der Waals surface area contributed by atoms with Crippen LogP contribution in [0.15, 0.2) is 35.1 Å². The first-order chi connectivity index (χ1) is 15.9. The number of H-pyrrole nitrogens is 1. The Morgan fingerprint density at radius 1 is 0.970 bits per heavy atom. The number of aromatic nitrogens is 2. The Bertz CT molecular complexity index is 1420. The van der Waals surface area contributed by atoms with Crippen LogP contribution in [0.2, 0.25) is 0 Å². The van der Waals surface area contributed by atoms with E-state index in [0.29, 0.717) is 41.4 Å². The van der Waals surface area contributed by atoms with Gasteiger partial charge in [-0.3, -0.25) is 4.79 Å². The third-order valence-corrected chi connectivity index (χ3v) is 5.71. The van der Waals surface area contributed by atoms with Crippen molar-refractivity contribution >= 4 is 27.5 Å². The molecule has 4 aromatic rings. The highest BCUT2D eigenvalue weighted by atomic mass is 19.1. The molecule has 7 nitrogen and oxygen atoms in total. The number of nitrogens with one attached hydrogen (secondary N) is 2. The van der Waals surface area contributed by atoms with Gasteiger partial charge in [-0.2, -0.15) is 0 Å². The summed E-state index contributed by atoms with van der Waals surface area (Å²) in [6.07, 6.45) is 0.312. The number of pyridine rings is 2. The van der Waals surface area contributed by atoms with Crippen molar-refractivity contribution in [3.8, 4) is 17.2 Å². The van der Waals surface area contributed by atoms with Crippen LogP contribution in [0.25, 0.3) is 21.7 Å². The summed E-state index contributed by atoms with van der Waals surface area (Å²) < 4.78 is 30.3. The van der Waals surface area contributed by atoms with Gasteiger partial charge in [-0.15, -0.1) is 0 Å². The van der Waals surface area contributed by atoms with Gasteiger partial charge in [0.05, 0.1) is 26.8 Å². The molecule has 172 valence electrons. The van der Waals surface area contributed by atoms with Crippen molar-refractivity contribution < 1.29 is 18.6 Å². The summed E-state index contributed by atoms with van der Waals surface area (Å²) in [5.41, 5.74) is 2.44. The largest absolute Gasteiger partial charge is 0.494 e. The molecule has 33 heavy (non-hydrogen) atoms. The zero-order valence-corrected chi connectivity index (χ0v) is 19.3. The third-order valence-electron chi connectivity index (χ3n) is 5.71. The van der Waals surface area contributed by atoms with Gasteiger partial charge < -0.3 is 24.5 Å². The number of benzene rings is 2. The molecule has 0 atom stereocenters. The Hall–Kier alpha value is -3.81. The lowest BCUT2D eigenvalue weighted by Gasteiger charge is -2.16. The number of methoxy groups -OCH3 is 3. The fraction of sp³-hybridized carbons (Fsp3) is 0.280. The van der Waals surface area contributed by atoms with Crippen molar-refractivity contribution in [1.82, 2.24) is 9.97 Å². The molecular weight excluding hydrogens is 425 g/mol. The third kappa shape index (κ3) is 4.04. The molecule has 0 aliphatic rings. The second-order valence-corrected chi connectivity index (χ2v) is 7.69. The van der Waals surface area contributed by atoms with E-state index in [1.807, 2.05) is 32.0 Å². The van der Waals surface area contributed by atoms with E-state index in [4.69, 9.17) is 14.2 Å². The summed E-state index contributed by atoms with van der Waals surface area (Å²) in [6.45, 7) is 4.43. The van der Waals surface area contributed by atoms with Crippen molar-refractivity contribution in [1.29, 1.82) is 0 Å². The summed E-state index contributed by atoms with van der Waals surface area (Å²) in [7, 11) is 4.56. The van der Waals surface area contributed by atoms with E-state index in [0.717, 1.165) is 27.4 Å². The number of anilines is 1. The van der Waals surface area contributed by atoms with Gasteiger partial charge in [0.15, 0.2) is 23.1 Å². The quantitative estimate of drug-likeness (QED) is 0.428. The van der Waals surface area contributed by atoms with Gasteiger partial charge in [0.1, 0.15) is 5.82 Å². The minimum Gasteiger partial charge on any atom is -0.494 e. The second-order valence-electron chi connectivity index (χ2n) is 7.69. The van der Waals surface area contributed by atoms with Crippen LogP contribution in [0.4, 0.5) is 10.2 Å². The van der Waals surface area contributed by atoms with E-state index in [2.05, 4.69) is 15.3 Å². The Balaban J connectivity index is 1.94. The van der Waals surface area contributed by atoms with Crippen molar-refractivity contribution in [2.45, 2.75) is 20.3 Å². The predicted octanol–water partition coefficient (Wildman–Crippen LogP) is 4.57. The molecule has 0 saturated heterocycles. The number of fused-ring (bicyclic) bond motifs is 2. The number of nitrogens with zero attached hydrogens (tertiary/aromatic N) is 1. The number of aryl methyl sites for hydroxylation is 1. The molecule has 2 heterocycles. The van der Waals surface area contributed by atoms with Crippen LogP contribution in [-0.2, 0) is 6.42 Å². The number of hydrogen-bond donors (Lipinski definition) is 2. The minimum absolute atomic E-state index is 0.141. The van der Waals surface area contributed by atoms with Crippen LogP contribution >= 0.6 is 0 Å². The highest BCUT2D eigenvalue weighted by Gasteiger charge is 2.17. The molecule has 0 bridgehead atoms. The van der Waals surface area contributed by atoms with Gasteiger partial charge in [-0.25, -0.2) is 9.37 Å². The molecule has 0 aliphatic heterocycles. The van der Waals surface area contributed by atoms with Gasteiger partial charge in [0.25, 0.3) is 5.56 Å². The molecule has 2 N–H and O–H groups in total. The van der Waals surface area contributed by atoms with Crippen LogP contribution in [0.5, 0.6) is 17.2 Å². The monoisotopic (exact) mass is 451 g/mol. The van der Waals surface area contributed by atoms with E-state index in [-0.39, 0.29) is 11.3 Å². The average Bonchev–Trinajstić information content (AvgIpc) is 2.81. The minimum atomic E-state index is -0.477. The van der Waals surface area contributed by atoms with E-state index < -0.39 is 5.82 Å². The van der Waals surface area contributed by atoms with Crippen molar-refractivity contribution in [3.05, 3.63) is 63.3 Å². The summed E-state index contributed by atoms with van der Waals surface area (Å²) in [6, 6.07) is 8.56. The van der Waals surface area contributed by atoms with Crippen LogP contribution in [-0.4, -0.2) is 37.8 Å². The second kappa shape index (κ2) is 8.97. The standard InChI is InChI=1S/C25H26FN3O4/c1-6-27-24-15(7-14-9-21(31-3)19(26)12-20(14)29-24)8-18-17-11-23(33-5)22(32-4)10-16(17)13(2)28-25(18)30/h7,9-12H,6,8H2,1-5H3,(H,27,29)(H,28,30). The highest BCUT2D eigenvalue weighted by Crippen LogP contribution is 2.35. The van der Waals surface area contributed by atoms with E-state index in [1.165, 1.54) is 13.2 Å². The van der Waals surface area contributed by atoms with Crippen molar-refractivity contribution in [2.75, 3.05) is 33.2 Å². The highest BCUT2D eigenvalue weighted by molar-refractivity contribution is 5.91. The fourth-order valence-electron chi connectivity index (χ4n) is 4.07. The molecule has 0 amide bonds. The van der Waals surface area contributed by atoms with E-state index in [9.17, 15) is 9.18 Å². The van der Waals surface area contributed by atoms with Gasteiger partial charge >= 0.3 is 0 Å². The Morgan fingerprint density at radius 2 is 1.64 bits per heavy atom. The molecular formula is C25H26FN3O4. The fourth-order valence-corrected chi connectivity index (χ4v) is 4.07. The predicted molar refractivity (Wildman–Crippen MR) is 128 cm³/mol. The molecule has 4 rings (SSSR count). The maximum Gasteiger partial charge on any atom is 0.252 e. The first-order valence-corrected chi connectivity index (χ1v) is 10.6. The zero-order chi connectivity index (χ0) is 23.7. The van der Waals surface area contributed by atoms with Gasteiger partial charge in [0, 0.05) is 41.1 Å². The van der Waals surface area contributed by atoms with Crippen molar-refractivity contribution in [3.63, 3.8) is 0 Å². The first-order valence-electron chi connectivity index (χ1n) is 10.6. The Labute approximate surface area is 190 Å². The smallest absolute Gasteiger partial charge is 0.252 e. The Morgan fingerprint density at radius 3 is 2.27 bits per heavy atom. The average molecular weight is 451 g/mol. The lowest BCUT2D eigenvalue weighted by atomic mass is 9.97. The molecule has 8 heteroatoms. The van der Waals surface area contributed by atoms with E-state index >= 15 is 0 Å². The first kappa shape index (κ1) is 22.4. The summed E-state index contributed by atoms with van der Waals surface area (Å²) in [5.74, 6) is 1.39. The maximum absolute atomic E-state index is 14.2. The number of ether oxygens (including phenoxy) is 3. The van der Waals surface area contributed by atoms with Gasteiger partial charge in [0.2, 0.25) is 0 Å². The number of hydrogen-bond acceptors (Lipinski definition) is 6. The van der Waals surface area contributed by atoms with Crippen LogP contribution in [0.1, 0.15) is 23.7 Å². The number of aromatic amines is 1. The van der Waals surface area contributed by atoms with Gasteiger partial charge in [-0.1, -0.05) is 0 Å². The molecule has 0 spiro atoms. The number of rotatable bonds is 7. The molecule has 0 aliphatic carbocycles. The Kier molecular flexibility index (Phi) is 6.09. The maximum atomic E-state index is 14.2. The summed E-state index contributed by atoms with van der Waals surface area (Å²) in [4.78, 5) is 20.6. The molecule has 0 radical (unpaired) electrons. The normalized spacial score (nSPS) is 11.1. The van der Waals surface area contributed by atoms with E-state index in [1.54, 1.807) is 20.3 Å². The summed E-state index contributed by atoms with van der Waals surface area (Å²) in [5, 5.41) is 5.59. The molecule has 2 aromatic heterocycles. The summed E-state index contributed by atoms with van der Waals surface area (Å²) >= 11 is 0. The molecule has 0 fully saturated rings. The molecule has 2 aromatic carbocycles. The van der Waals surface area contributed by atoms with Crippen LogP contribution in [0.3, 0.4) is 0 Å². The SMILES string of the molecule is CCNc1nc2cc(F)c(OC)cc2cc1Cc1c(=O)[nH]c(C)c2cc(OC)c(OC)cc12.